The zero-order valence-corrected chi connectivity index (χ0v) is 15.6. The van der Waals surface area contributed by atoms with Crippen LogP contribution in [0, 0.1) is 0 Å². The topological polar surface area (TPSA) is 47.6 Å². The Labute approximate surface area is 153 Å². The van der Waals surface area contributed by atoms with Crippen molar-refractivity contribution < 1.29 is 14.3 Å². The lowest BCUT2D eigenvalue weighted by molar-refractivity contribution is -0.127. The second kappa shape index (κ2) is 10.7. The second-order valence-electron chi connectivity index (χ2n) is 5.52. The van der Waals surface area contributed by atoms with E-state index < -0.39 is 6.10 Å². The summed E-state index contributed by atoms with van der Waals surface area (Å²) in [6.07, 6.45) is 0.117. The molecule has 134 valence electrons. The first kappa shape index (κ1) is 19.2. The fraction of sp³-hybridized carbons (Fsp3) is 0.350. The van der Waals surface area contributed by atoms with Crippen molar-refractivity contribution >= 4 is 17.7 Å². The minimum absolute atomic E-state index is 0.0781. The Morgan fingerprint density at radius 3 is 2.60 bits per heavy atom. The Bertz CT molecular complexity index is 648. The molecule has 0 aliphatic carbocycles. The van der Waals surface area contributed by atoms with E-state index in [2.05, 4.69) is 17.4 Å². The number of carbonyl (C=O) groups excluding carboxylic acids is 1. The fourth-order valence-corrected chi connectivity index (χ4v) is 3.10. The number of benzene rings is 2. The largest absolute Gasteiger partial charge is 0.497 e. The zero-order valence-electron chi connectivity index (χ0n) is 14.7. The number of ether oxygens (including phenoxy) is 2. The molecule has 0 bridgehead atoms. The monoisotopic (exact) mass is 359 g/mol. The molecule has 0 fully saturated rings. The molecule has 4 nitrogen and oxygen atoms in total. The van der Waals surface area contributed by atoms with Crippen LogP contribution in [-0.4, -0.2) is 31.4 Å². The lowest BCUT2D eigenvalue weighted by atomic mass is 10.2. The van der Waals surface area contributed by atoms with Gasteiger partial charge in [-0.15, -0.1) is 0 Å². The standard InChI is InChI=1S/C20H25NO3S/c1-3-19(24-18-11-7-10-17(14-18)23-2)20(22)21-12-13-25-15-16-8-5-4-6-9-16/h4-11,14,19H,3,12-13,15H2,1-2H3,(H,21,22)/t19-/m0/s1. The van der Waals surface area contributed by atoms with E-state index in [0.29, 0.717) is 24.5 Å². The van der Waals surface area contributed by atoms with E-state index >= 15 is 0 Å². The van der Waals surface area contributed by atoms with Crippen molar-refractivity contribution in [2.24, 2.45) is 0 Å². The van der Waals surface area contributed by atoms with Gasteiger partial charge in [-0.25, -0.2) is 0 Å². The molecule has 0 radical (unpaired) electrons. The van der Waals surface area contributed by atoms with Gasteiger partial charge in [0.15, 0.2) is 6.10 Å². The zero-order chi connectivity index (χ0) is 17.9. The van der Waals surface area contributed by atoms with Gasteiger partial charge in [-0.1, -0.05) is 43.3 Å². The van der Waals surface area contributed by atoms with Crippen molar-refractivity contribution in [3.8, 4) is 11.5 Å². The highest BCUT2D eigenvalue weighted by molar-refractivity contribution is 7.98. The highest BCUT2D eigenvalue weighted by Crippen LogP contribution is 2.20. The summed E-state index contributed by atoms with van der Waals surface area (Å²) in [4.78, 5) is 12.3. The van der Waals surface area contributed by atoms with Crippen LogP contribution in [0.3, 0.4) is 0 Å². The molecule has 0 aliphatic rings. The molecule has 2 rings (SSSR count). The Kier molecular flexibility index (Phi) is 8.19. The first-order chi connectivity index (χ1) is 12.2. The summed E-state index contributed by atoms with van der Waals surface area (Å²) in [6, 6.07) is 17.6. The van der Waals surface area contributed by atoms with Crippen LogP contribution in [0.1, 0.15) is 18.9 Å². The van der Waals surface area contributed by atoms with Crippen LogP contribution in [0.5, 0.6) is 11.5 Å². The van der Waals surface area contributed by atoms with Gasteiger partial charge in [-0.05, 0) is 24.1 Å². The number of hydrogen-bond acceptors (Lipinski definition) is 4. The third-order valence-electron chi connectivity index (χ3n) is 3.64. The maximum Gasteiger partial charge on any atom is 0.261 e. The molecule has 0 saturated heterocycles. The van der Waals surface area contributed by atoms with E-state index in [0.717, 1.165) is 11.5 Å². The van der Waals surface area contributed by atoms with Crippen molar-refractivity contribution in [2.45, 2.75) is 25.2 Å². The normalized spacial score (nSPS) is 11.6. The molecule has 2 aromatic carbocycles. The molecule has 1 amide bonds. The Morgan fingerprint density at radius 1 is 1.12 bits per heavy atom. The quantitative estimate of drug-likeness (QED) is 0.654. The van der Waals surface area contributed by atoms with E-state index in [4.69, 9.17) is 9.47 Å². The van der Waals surface area contributed by atoms with Crippen LogP contribution in [0.15, 0.2) is 54.6 Å². The fourth-order valence-electron chi connectivity index (χ4n) is 2.29. The van der Waals surface area contributed by atoms with E-state index in [-0.39, 0.29) is 5.91 Å². The second-order valence-corrected chi connectivity index (χ2v) is 6.63. The molecular weight excluding hydrogens is 334 g/mol. The average Bonchev–Trinajstić information content (AvgIpc) is 2.66. The Hall–Kier alpha value is -2.14. The maximum atomic E-state index is 12.3. The van der Waals surface area contributed by atoms with E-state index in [1.54, 1.807) is 24.9 Å². The van der Waals surface area contributed by atoms with Crippen molar-refractivity contribution in [3.05, 3.63) is 60.2 Å². The molecule has 1 atom stereocenters. The van der Waals surface area contributed by atoms with Gasteiger partial charge in [0, 0.05) is 24.1 Å². The molecular formula is C20H25NO3S. The number of nitrogens with one attached hydrogen (secondary N) is 1. The highest BCUT2D eigenvalue weighted by Gasteiger charge is 2.18. The van der Waals surface area contributed by atoms with Crippen molar-refractivity contribution in [1.82, 2.24) is 5.32 Å². The number of thioether (sulfide) groups is 1. The summed E-state index contributed by atoms with van der Waals surface area (Å²) in [5.74, 6) is 3.10. The van der Waals surface area contributed by atoms with Crippen molar-refractivity contribution in [3.63, 3.8) is 0 Å². The molecule has 0 unspecified atom stereocenters. The SMILES string of the molecule is CC[C@H](Oc1cccc(OC)c1)C(=O)NCCSCc1ccccc1. The number of rotatable bonds is 10. The molecule has 0 spiro atoms. The minimum atomic E-state index is -0.494. The van der Waals surface area contributed by atoms with Crippen LogP contribution in [0.4, 0.5) is 0 Å². The number of amides is 1. The minimum Gasteiger partial charge on any atom is -0.497 e. The van der Waals surface area contributed by atoms with Crippen LogP contribution in [0.25, 0.3) is 0 Å². The summed E-state index contributed by atoms with van der Waals surface area (Å²) in [6.45, 7) is 2.57. The van der Waals surface area contributed by atoms with E-state index in [1.807, 2.05) is 43.3 Å². The number of hydrogen-bond donors (Lipinski definition) is 1. The molecule has 25 heavy (non-hydrogen) atoms. The van der Waals surface area contributed by atoms with Gasteiger partial charge in [-0.3, -0.25) is 4.79 Å². The highest BCUT2D eigenvalue weighted by atomic mass is 32.2. The Balaban J connectivity index is 1.72. The summed E-state index contributed by atoms with van der Waals surface area (Å²) in [5, 5.41) is 2.95. The third kappa shape index (κ3) is 6.70. The predicted octanol–water partition coefficient (Wildman–Crippen LogP) is 3.90. The molecule has 0 heterocycles. The first-order valence-corrected chi connectivity index (χ1v) is 9.58. The maximum absolute atomic E-state index is 12.3. The predicted molar refractivity (Wildman–Crippen MR) is 103 cm³/mol. The molecule has 0 saturated carbocycles. The lowest BCUT2D eigenvalue weighted by Gasteiger charge is -2.17. The van der Waals surface area contributed by atoms with E-state index in [9.17, 15) is 4.79 Å². The molecule has 0 aromatic heterocycles. The third-order valence-corrected chi connectivity index (χ3v) is 4.67. The summed E-state index contributed by atoms with van der Waals surface area (Å²) in [5.41, 5.74) is 1.30. The van der Waals surface area contributed by atoms with Gasteiger partial charge < -0.3 is 14.8 Å². The molecule has 0 aliphatic heterocycles. The summed E-state index contributed by atoms with van der Waals surface area (Å²) in [7, 11) is 1.61. The van der Waals surface area contributed by atoms with Crippen LogP contribution < -0.4 is 14.8 Å². The van der Waals surface area contributed by atoms with Crippen molar-refractivity contribution in [1.29, 1.82) is 0 Å². The molecule has 1 N–H and O–H groups in total. The van der Waals surface area contributed by atoms with Gasteiger partial charge in [0.05, 0.1) is 7.11 Å². The van der Waals surface area contributed by atoms with E-state index in [1.165, 1.54) is 5.56 Å². The first-order valence-electron chi connectivity index (χ1n) is 8.43. The van der Waals surface area contributed by atoms with Crippen LogP contribution in [0.2, 0.25) is 0 Å². The van der Waals surface area contributed by atoms with Gasteiger partial charge in [0.25, 0.3) is 5.91 Å². The van der Waals surface area contributed by atoms with Crippen LogP contribution >= 0.6 is 11.8 Å². The molecule has 5 heteroatoms. The van der Waals surface area contributed by atoms with Gasteiger partial charge in [0.1, 0.15) is 11.5 Å². The van der Waals surface area contributed by atoms with Gasteiger partial charge in [0.2, 0.25) is 0 Å². The van der Waals surface area contributed by atoms with Crippen molar-refractivity contribution in [2.75, 3.05) is 19.4 Å². The molecule has 2 aromatic rings. The van der Waals surface area contributed by atoms with Gasteiger partial charge >= 0.3 is 0 Å². The summed E-state index contributed by atoms with van der Waals surface area (Å²) >= 11 is 1.80. The number of methoxy groups -OCH3 is 1. The van der Waals surface area contributed by atoms with Crippen LogP contribution in [-0.2, 0) is 10.5 Å². The number of carbonyl (C=O) groups is 1. The smallest absolute Gasteiger partial charge is 0.261 e. The average molecular weight is 359 g/mol. The summed E-state index contributed by atoms with van der Waals surface area (Å²) < 4.78 is 11.0. The lowest BCUT2D eigenvalue weighted by Crippen LogP contribution is -2.39. The van der Waals surface area contributed by atoms with Gasteiger partial charge in [-0.2, -0.15) is 11.8 Å². The Morgan fingerprint density at radius 2 is 1.88 bits per heavy atom.